The van der Waals surface area contributed by atoms with Crippen LogP contribution in [-0.2, 0) is 96.0 Å². The van der Waals surface area contributed by atoms with E-state index in [4.69, 9.17) is 15.6 Å². The molecule has 0 radical (unpaired) electrons. The number of nitrogens with two attached hydrogens (primary N) is 1. The van der Waals surface area contributed by atoms with Gasteiger partial charge in [-0.15, -0.1) is 0 Å². The van der Waals surface area contributed by atoms with E-state index >= 15 is 0 Å². The predicted molar refractivity (Wildman–Crippen MR) is 402 cm³/mol. The molecule has 6 N–H and O–H groups in total. The third-order valence-electron chi connectivity index (χ3n) is 19.8. The van der Waals surface area contributed by atoms with Gasteiger partial charge in [0.2, 0.25) is 35.4 Å². The molecule has 6 atom stereocenters. The Morgan fingerprint density at radius 3 is 1.41 bits per heavy atom. The molecule has 4 aliphatic heterocycles. The molecule has 23 heteroatoms. The topological polar surface area (TPSA) is 268 Å². The summed E-state index contributed by atoms with van der Waals surface area (Å²) in [5.41, 5.74) is 13.5. The zero-order valence-corrected chi connectivity index (χ0v) is 61.8. The van der Waals surface area contributed by atoms with Gasteiger partial charge in [-0.3, -0.25) is 38.4 Å². The number of nitrogens with one attached hydrogen (secondary N) is 3. The van der Waals surface area contributed by atoms with E-state index in [1.807, 2.05) is 161 Å². The quantitative estimate of drug-likeness (QED) is 0.0400. The molecule has 7 amide bonds. The average Bonchev–Trinajstić information content (AvgIpc) is 0.902. The lowest BCUT2D eigenvalue weighted by atomic mass is 9.85. The first-order valence-corrected chi connectivity index (χ1v) is 37.2. The average molecular weight is 1430 g/mol. The molecule has 102 heavy (non-hydrogen) atoms. The van der Waals surface area contributed by atoms with Crippen LogP contribution in [0.25, 0.3) is 21.8 Å². The Hall–Kier alpha value is -9.29. The van der Waals surface area contributed by atoms with Crippen LogP contribution < -0.4 is 41.3 Å². The number of benzene rings is 4. The molecule has 4 aromatic heterocycles. The van der Waals surface area contributed by atoms with Crippen LogP contribution in [0.2, 0.25) is 0 Å². The summed E-state index contributed by atoms with van der Waals surface area (Å²) >= 11 is 3.10. The van der Waals surface area contributed by atoms with Gasteiger partial charge >= 0.3 is 6.09 Å². The molecule has 0 spiro atoms. The van der Waals surface area contributed by atoms with E-state index in [0.717, 1.165) is 90.8 Å². The second kappa shape index (κ2) is 32.4. The lowest BCUT2D eigenvalue weighted by Gasteiger charge is -2.37. The van der Waals surface area contributed by atoms with Crippen molar-refractivity contribution in [1.82, 2.24) is 25.1 Å². The fourth-order valence-corrected chi connectivity index (χ4v) is 15.3. The van der Waals surface area contributed by atoms with Crippen molar-refractivity contribution < 1.29 is 53.0 Å². The molecular weight excluding hydrogens is 1330 g/mol. The Morgan fingerprint density at radius 1 is 0.598 bits per heavy atom. The van der Waals surface area contributed by atoms with Gasteiger partial charge < -0.3 is 60.3 Å². The SMILES string of the molecule is CCO.CC[C@@](C)(N)C(=O)N[C@H](Cc1cn(C)c2ccccc12)C(=O)CC1Cc2cccc(N3CCCC3=O)c2N(Cc2ccsc2)C1=O.CC[C@@](C)(NC(=O)OC(C)(C)C)C(=O)N[C@H](Cc1cn(C)c2ccccc12)C(=O)CC1Cc2cccc(N3CCCC3=O)c2N(Cc2ccsc2)C1=O. The number of nitrogens with zero attached hydrogens (tertiary/aromatic N) is 6. The highest BCUT2D eigenvalue weighted by atomic mass is 32.1. The van der Waals surface area contributed by atoms with Crippen LogP contribution in [0.4, 0.5) is 27.5 Å². The van der Waals surface area contributed by atoms with Crippen LogP contribution in [0.5, 0.6) is 0 Å². The first-order valence-electron chi connectivity index (χ1n) is 35.3. The lowest BCUT2D eigenvalue weighted by Crippen LogP contribution is -2.60. The number of fused-ring (bicyclic) bond motifs is 4. The number of hydrogen-bond donors (Lipinski definition) is 5. The van der Waals surface area contributed by atoms with Crippen LogP contribution in [0, 0.1) is 11.8 Å². The number of alkyl carbamates (subject to hydrolysis) is 1. The van der Waals surface area contributed by atoms with E-state index < -0.39 is 58.5 Å². The maximum Gasteiger partial charge on any atom is 0.408 e. The maximum atomic E-state index is 14.6. The first kappa shape index (κ1) is 75.4. The Morgan fingerprint density at radius 2 is 1.03 bits per heavy atom. The molecule has 540 valence electrons. The minimum absolute atomic E-state index is 0.0332. The van der Waals surface area contributed by atoms with Gasteiger partial charge in [-0.2, -0.15) is 22.7 Å². The molecule has 8 aromatic rings. The molecule has 0 bridgehead atoms. The van der Waals surface area contributed by atoms with Gasteiger partial charge in [-0.1, -0.05) is 74.5 Å². The molecule has 0 aliphatic carbocycles. The minimum Gasteiger partial charge on any atom is -0.444 e. The number of rotatable bonds is 23. The first-order chi connectivity index (χ1) is 48.7. The summed E-state index contributed by atoms with van der Waals surface area (Å²) in [5, 5.41) is 26.2. The second-order valence-corrected chi connectivity index (χ2v) is 30.1. The molecule has 8 heterocycles. The number of para-hydroxylation sites is 4. The molecule has 0 saturated carbocycles. The van der Waals surface area contributed by atoms with E-state index in [1.165, 1.54) is 0 Å². The standard InChI is InChI=1S/C41H49N5O6S.C36H41N5O4S.C2H6O/c1-7-41(5,43-39(51)52-40(2,3)4)38(50)42-31(21-29-24-44(6)32-14-9-8-13-30(29)32)34(47)22-28-20-27-12-10-15-33(45-18-11-16-35(45)48)36(27)46(37(28)49)23-26-17-19-53-25-26;1-4-36(2,37)35(45)38-28(18-26-21-39(3)29-11-6-5-10-27(26)29)31(42)19-25-17-24-9-7-12-30(40-15-8-13-32(40)43)33(24)41(34(25)44)20-23-14-16-46-22-23;1-2-3/h8-10,12-15,17,19,24-25,28,31H,7,11,16,18,20-23H2,1-6H3,(H,42,50)(H,43,51);5-7,9-12,14,16,21-22,25,28H,4,8,13,15,17-20,37H2,1-3H3,(H,38,45);3H,2H2,1H3/t28?,31-,41-;25?,28-,36-;/m11./s1. The van der Waals surface area contributed by atoms with Gasteiger partial charge in [0.1, 0.15) is 11.1 Å². The summed E-state index contributed by atoms with van der Waals surface area (Å²) in [6.07, 6.45) is 7.37. The van der Waals surface area contributed by atoms with Gasteiger partial charge in [0.15, 0.2) is 11.6 Å². The highest BCUT2D eigenvalue weighted by Crippen LogP contribution is 2.44. The molecular formula is C79H96N10O11S2. The van der Waals surface area contributed by atoms with Gasteiger partial charge in [-0.25, -0.2) is 4.79 Å². The number of carbonyl (C=O) groups excluding carboxylic acids is 9. The van der Waals surface area contributed by atoms with Crippen molar-refractivity contribution in [3.63, 3.8) is 0 Å². The van der Waals surface area contributed by atoms with E-state index in [9.17, 15) is 43.2 Å². The van der Waals surface area contributed by atoms with Crippen LogP contribution >= 0.6 is 22.7 Å². The molecule has 12 rings (SSSR count). The third kappa shape index (κ3) is 17.1. The zero-order chi connectivity index (χ0) is 73.4. The third-order valence-corrected chi connectivity index (χ3v) is 21.3. The van der Waals surface area contributed by atoms with Gasteiger partial charge in [0.05, 0.1) is 53.5 Å². The summed E-state index contributed by atoms with van der Waals surface area (Å²) in [6.45, 7) is 15.9. The number of aromatic nitrogens is 2. The monoisotopic (exact) mass is 1420 g/mol. The molecule has 2 saturated heterocycles. The molecule has 2 unspecified atom stereocenters. The zero-order valence-electron chi connectivity index (χ0n) is 60.1. The Kier molecular flexibility index (Phi) is 23.9. The smallest absolute Gasteiger partial charge is 0.408 e. The van der Waals surface area contributed by atoms with E-state index in [0.29, 0.717) is 58.3 Å². The molecule has 2 fully saturated rings. The number of ketones is 2. The van der Waals surface area contributed by atoms with Crippen LogP contribution in [0.1, 0.15) is 140 Å². The number of thiophene rings is 2. The number of carbonyl (C=O) groups is 9. The number of anilines is 4. The second-order valence-electron chi connectivity index (χ2n) is 28.5. The van der Waals surface area contributed by atoms with Gasteiger partial charge in [-0.05, 0) is 171 Å². The van der Waals surface area contributed by atoms with Crippen molar-refractivity contribution in [3.8, 4) is 0 Å². The highest BCUT2D eigenvalue weighted by molar-refractivity contribution is 7.08. The van der Waals surface area contributed by atoms with Crippen molar-refractivity contribution in [2.75, 3.05) is 39.3 Å². The fourth-order valence-electron chi connectivity index (χ4n) is 14.0. The normalized spacial score (nSPS) is 17.7. The van der Waals surface area contributed by atoms with Crippen LogP contribution in [0.3, 0.4) is 0 Å². The summed E-state index contributed by atoms with van der Waals surface area (Å²) < 4.78 is 9.46. The van der Waals surface area contributed by atoms with Crippen molar-refractivity contribution >= 4 is 120 Å². The fraction of sp³-hybridized carbons (Fsp3) is 0.430. The van der Waals surface area contributed by atoms with Crippen LogP contribution in [0.15, 0.2) is 131 Å². The number of aliphatic hydroxyl groups is 1. The lowest BCUT2D eigenvalue weighted by molar-refractivity contribution is -0.133. The summed E-state index contributed by atoms with van der Waals surface area (Å²) in [4.78, 5) is 131. The van der Waals surface area contributed by atoms with E-state index in [2.05, 4.69) is 16.0 Å². The summed E-state index contributed by atoms with van der Waals surface area (Å²) in [7, 11) is 3.89. The largest absolute Gasteiger partial charge is 0.444 e. The van der Waals surface area contributed by atoms with Crippen molar-refractivity contribution in [1.29, 1.82) is 0 Å². The predicted octanol–water partition coefficient (Wildman–Crippen LogP) is 11.3. The summed E-state index contributed by atoms with van der Waals surface area (Å²) in [5.74, 6) is -2.99. The Bertz CT molecular complexity index is 4400. The number of ether oxygens (including phenoxy) is 1. The van der Waals surface area contributed by atoms with E-state index in [-0.39, 0.29) is 73.9 Å². The maximum absolute atomic E-state index is 14.6. The molecule has 4 aliphatic rings. The van der Waals surface area contributed by atoms with E-state index in [1.54, 1.807) is 90.7 Å². The number of aryl methyl sites for hydroxylation is 2. The number of amides is 7. The molecule has 21 nitrogen and oxygen atoms in total. The highest BCUT2D eigenvalue weighted by Gasteiger charge is 2.44. The van der Waals surface area contributed by atoms with Crippen molar-refractivity contribution in [3.05, 3.63) is 164 Å². The number of Topliss-reactive ketones (excluding diaryl/α,β-unsaturated/α-hetero) is 2. The van der Waals surface area contributed by atoms with Crippen molar-refractivity contribution in [2.24, 2.45) is 31.7 Å². The number of aliphatic hydroxyl groups excluding tert-OH is 1. The Labute approximate surface area is 604 Å². The summed E-state index contributed by atoms with van der Waals surface area (Å²) in [6, 6.07) is 29.5. The number of hydrogen-bond acceptors (Lipinski definition) is 14. The van der Waals surface area contributed by atoms with Gasteiger partial charge in [0.25, 0.3) is 0 Å². The van der Waals surface area contributed by atoms with Crippen molar-refractivity contribution in [2.45, 2.75) is 174 Å². The minimum atomic E-state index is -1.38. The van der Waals surface area contributed by atoms with Crippen LogP contribution in [-0.4, -0.2) is 116 Å². The molecule has 4 aromatic carbocycles. The Balaban J connectivity index is 0.000000213. The van der Waals surface area contributed by atoms with Gasteiger partial charge in [0, 0.05) is 118 Å².